The molecule has 1 amide bonds. The monoisotopic (exact) mass is 376 g/mol. The van der Waals surface area contributed by atoms with Crippen LogP contribution < -0.4 is 0 Å². The van der Waals surface area contributed by atoms with Crippen molar-refractivity contribution >= 4 is 17.5 Å². The number of imidazole rings is 1. The van der Waals surface area contributed by atoms with Crippen molar-refractivity contribution in [1.29, 1.82) is 0 Å². The molecule has 1 aromatic carbocycles. The molecule has 3 heterocycles. The lowest BCUT2D eigenvalue weighted by molar-refractivity contribution is 0.0102. The number of aromatic nitrogens is 2. The van der Waals surface area contributed by atoms with Crippen LogP contribution in [0, 0.1) is 5.82 Å². The molecule has 1 saturated heterocycles. The van der Waals surface area contributed by atoms with E-state index in [0.29, 0.717) is 18.1 Å². The van der Waals surface area contributed by atoms with Crippen LogP contribution in [0.3, 0.4) is 0 Å². The van der Waals surface area contributed by atoms with Crippen molar-refractivity contribution in [3.8, 4) is 0 Å². The van der Waals surface area contributed by atoms with E-state index in [1.54, 1.807) is 11.2 Å². The largest absolute Gasteiger partial charge is 0.348 e. The third-order valence-corrected chi connectivity index (χ3v) is 6.14. The summed E-state index contributed by atoms with van der Waals surface area (Å²) < 4.78 is 13.5. The Morgan fingerprint density at radius 3 is 2.85 bits per heavy atom. The van der Waals surface area contributed by atoms with Gasteiger partial charge >= 0.3 is 0 Å². The molecule has 0 bridgehead atoms. The molecule has 5 nitrogen and oxygen atoms in total. The van der Waals surface area contributed by atoms with Gasteiger partial charge in [-0.3, -0.25) is 9.69 Å². The summed E-state index contributed by atoms with van der Waals surface area (Å²) in [6, 6.07) is 3.93. The van der Waals surface area contributed by atoms with Gasteiger partial charge in [-0.2, -0.15) is 0 Å². The minimum absolute atomic E-state index is 0.120. The summed E-state index contributed by atoms with van der Waals surface area (Å²) in [7, 11) is 0. The minimum Gasteiger partial charge on any atom is -0.348 e. The van der Waals surface area contributed by atoms with E-state index in [1.165, 1.54) is 23.9 Å². The predicted octanol–water partition coefficient (Wildman–Crippen LogP) is 3.21. The second kappa shape index (κ2) is 6.67. The molecule has 1 N–H and O–H groups in total. The highest BCUT2D eigenvalue weighted by Gasteiger charge is 2.46. The van der Waals surface area contributed by atoms with Gasteiger partial charge in [-0.25, -0.2) is 9.37 Å². The third kappa shape index (κ3) is 2.72. The highest BCUT2D eigenvalue weighted by atomic mass is 35.5. The highest BCUT2D eigenvalue weighted by Crippen LogP contribution is 2.42. The number of aromatic amines is 1. The predicted molar refractivity (Wildman–Crippen MR) is 97.8 cm³/mol. The van der Waals surface area contributed by atoms with Gasteiger partial charge in [-0.15, -0.1) is 0 Å². The van der Waals surface area contributed by atoms with Gasteiger partial charge < -0.3 is 9.88 Å². The number of nitrogens with one attached hydrogen (secondary N) is 1. The van der Waals surface area contributed by atoms with Crippen LogP contribution in [0.2, 0.25) is 5.02 Å². The van der Waals surface area contributed by atoms with Gasteiger partial charge in [-0.1, -0.05) is 18.5 Å². The topological polar surface area (TPSA) is 52.2 Å². The van der Waals surface area contributed by atoms with Crippen LogP contribution >= 0.6 is 11.6 Å². The van der Waals surface area contributed by atoms with E-state index in [4.69, 9.17) is 11.6 Å². The van der Waals surface area contributed by atoms with Gasteiger partial charge in [0.2, 0.25) is 0 Å². The van der Waals surface area contributed by atoms with E-state index in [0.717, 1.165) is 38.0 Å². The Morgan fingerprint density at radius 2 is 2.12 bits per heavy atom. The first kappa shape index (κ1) is 17.5. The normalized spacial score (nSPS) is 19.6. The number of benzene rings is 1. The van der Waals surface area contributed by atoms with Gasteiger partial charge in [0.05, 0.1) is 28.1 Å². The lowest BCUT2D eigenvalue weighted by Crippen LogP contribution is -2.57. The Kier molecular flexibility index (Phi) is 4.49. The summed E-state index contributed by atoms with van der Waals surface area (Å²) in [5, 5.41) is 0.291. The number of rotatable bonds is 2. The maximum absolute atomic E-state index is 13.5. The van der Waals surface area contributed by atoms with Crippen molar-refractivity contribution in [3.05, 3.63) is 52.3 Å². The van der Waals surface area contributed by atoms with Gasteiger partial charge in [0.15, 0.2) is 0 Å². The van der Waals surface area contributed by atoms with Crippen LogP contribution in [0.1, 0.15) is 41.5 Å². The van der Waals surface area contributed by atoms with E-state index in [2.05, 4.69) is 21.8 Å². The average molecular weight is 377 g/mol. The highest BCUT2D eigenvalue weighted by molar-refractivity contribution is 6.33. The molecule has 1 aromatic heterocycles. The second-order valence-corrected chi connectivity index (χ2v) is 7.41. The first-order valence-electron chi connectivity index (χ1n) is 9.07. The molecule has 2 aliphatic rings. The fourth-order valence-corrected chi connectivity index (χ4v) is 4.65. The maximum atomic E-state index is 13.5. The molecule has 0 aliphatic carbocycles. The van der Waals surface area contributed by atoms with Gasteiger partial charge in [0.1, 0.15) is 5.82 Å². The second-order valence-electron chi connectivity index (χ2n) is 7.01. The number of hydrogen-bond acceptors (Lipinski definition) is 3. The number of hydrogen-bond donors (Lipinski definition) is 1. The summed E-state index contributed by atoms with van der Waals surface area (Å²) in [4.78, 5) is 25.0. The number of halogens is 2. The number of nitrogens with zero attached hydrogens (tertiary/aromatic N) is 3. The molecule has 1 spiro atoms. The van der Waals surface area contributed by atoms with Crippen molar-refractivity contribution in [2.45, 2.75) is 31.7 Å². The zero-order valence-corrected chi connectivity index (χ0v) is 15.5. The average Bonchev–Trinajstić information content (AvgIpc) is 3.14. The summed E-state index contributed by atoms with van der Waals surface area (Å²) >= 11 is 6.11. The molecule has 1 fully saturated rings. The Hall–Kier alpha value is -1.92. The van der Waals surface area contributed by atoms with Crippen molar-refractivity contribution < 1.29 is 9.18 Å². The number of carbonyl (C=O) groups is 1. The molecule has 26 heavy (non-hydrogen) atoms. The first-order valence-corrected chi connectivity index (χ1v) is 9.45. The molecule has 7 heteroatoms. The Balaban J connectivity index is 1.57. The van der Waals surface area contributed by atoms with Crippen LogP contribution in [0.5, 0.6) is 0 Å². The molecule has 2 aliphatic heterocycles. The maximum Gasteiger partial charge on any atom is 0.255 e. The van der Waals surface area contributed by atoms with Gasteiger partial charge in [0, 0.05) is 31.7 Å². The van der Waals surface area contributed by atoms with Crippen LogP contribution in [0.25, 0.3) is 0 Å². The number of amides is 1. The molecule has 0 radical (unpaired) electrons. The van der Waals surface area contributed by atoms with Crippen LogP contribution in [-0.4, -0.2) is 51.9 Å². The lowest BCUT2D eigenvalue weighted by atomic mass is 9.78. The van der Waals surface area contributed by atoms with Crippen molar-refractivity contribution in [3.63, 3.8) is 0 Å². The summed E-state index contributed by atoms with van der Waals surface area (Å²) in [6.45, 7) is 5.33. The van der Waals surface area contributed by atoms with Crippen molar-refractivity contribution in [2.75, 3.05) is 26.2 Å². The zero-order valence-electron chi connectivity index (χ0n) is 14.8. The molecule has 4 rings (SSSR count). The number of piperidine rings is 1. The summed E-state index contributed by atoms with van der Waals surface area (Å²) in [5.41, 5.74) is 2.45. The Labute approximate surface area is 157 Å². The van der Waals surface area contributed by atoms with E-state index in [1.807, 2.05) is 0 Å². The SMILES string of the molecule is CCN1CCc2[nH]cnc2C12CCN(C(=O)c1cc(F)ccc1Cl)CC2. The first-order chi connectivity index (χ1) is 12.5. The van der Waals surface area contributed by atoms with E-state index in [-0.39, 0.29) is 17.0 Å². The number of carbonyl (C=O) groups excluding carboxylic acids is 1. The Bertz CT molecular complexity index is 829. The molecular weight excluding hydrogens is 355 g/mol. The summed E-state index contributed by atoms with van der Waals surface area (Å²) in [6.07, 6.45) is 4.39. The fourth-order valence-electron chi connectivity index (χ4n) is 4.45. The van der Waals surface area contributed by atoms with Gasteiger partial charge in [-0.05, 0) is 37.6 Å². The lowest BCUT2D eigenvalue weighted by Gasteiger charge is -2.50. The third-order valence-electron chi connectivity index (χ3n) is 5.81. The molecule has 2 aromatic rings. The molecule has 0 atom stereocenters. The molecular formula is C19H22ClFN4O. The Morgan fingerprint density at radius 1 is 1.35 bits per heavy atom. The number of likely N-dealkylation sites (N-methyl/N-ethyl adjacent to an activating group) is 1. The van der Waals surface area contributed by atoms with E-state index in [9.17, 15) is 9.18 Å². The number of H-pyrrole nitrogens is 1. The van der Waals surface area contributed by atoms with Crippen LogP contribution in [0.15, 0.2) is 24.5 Å². The standard InChI is InChI=1S/C19H22ClFN4O/c1-2-25-8-5-16-17(23-12-22-16)19(25)6-9-24(10-7-19)18(26)14-11-13(21)3-4-15(14)20/h3-4,11-12H,2,5-10H2,1H3,(H,22,23). The summed E-state index contributed by atoms with van der Waals surface area (Å²) in [5.74, 6) is -0.651. The number of fused-ring (bicyclic) bond motifs is 2. The fraction of sp³-hybridized carbons (Fsp3) is 0.474. The smallest absolute Gasteiger partial charge is 0.255 e. The van der Waals surface area contributed by atoms with Crippen molar-refractivity contribution in [1.82, 2.24) is 19.8 Å². The quantitative estimate of drug-likeness (QED) is 0.875. The minimum atomic E-state index is -0.447. The van der Waals surface area contributed by atoms with Crippen LogP contribution in [-0.2, 0) is 12.0 Å². The van der Waals surface area contributed by atoms with Crippen LogP contribution in [0.4, 0.5) is 4.39 Å². The zero-order chi connectivity index (χ0) is 18.3. The van der Waals surface area contributed by atoms with Gasteiger partial charge in [0.25, 0.3) is 5.91 Å². The molecule has 0 unspecified atom stereocenters. The molecule has 0 saturated carbocycles. The number of likely N-dealkylation sites (tertiary alicyclic amines) is 1. The van der Waals surface area contributed by atoms with E-state index >= 15 is 0 Å². The molecule has 138 valence electrons. The van der Waals surface area contributed by atoms with E-state index < -0.39 is 5.82 Å². The van der Waals surface area contributed by atoms with Crippen molar-refractivity contribution in [2.24, 2.45) is 0 Å².